The lowest BCUT2D eigenvalue weighted by molar-refractivity contribution is 0.486. The van der Waals surface area contributed by atoms with Crippen LogP contribution in [0.5, 0.6) is 0 Å². The van der Waals surface area contributed by atoms with Crippen LogP contribution in [0.3, 0.4) is 0 Å². The topological polar surface area (TPSA) is 28.2 Å². The summed E-state index contributed by atoms with van der Waals surface area (Å²) < 4.78 is 0. The van der Waals surface area contributed by atoms with Crippen LogP contribution in [0.1, 0.15) is 11.6 Å². The molecule has 1 N–H and O–H groups in total. The number of benzene rings is 1. The molecule has 0 spiro atoms. The zero-order chi connectivity index (χ0) is 14.8. The van der Waals surface area contributed by atoms with Crippen molar-refractivity contribution in [2.75, 3.05) is 24.5 Å². The summed E-state index contributed by atoms with van der Waals surface area (Å²) in [6, 6.07) is 9.78. The molecule has 0 amide bonds. The number of aromatic nitrogens is 1. The molecule has 0 saturated carbocycles. The predicted octanol–water partition coefficient (Wildman–Crippen LogP) is 4.19. The van der Waals surface area contributed by atoms with Crippen molar-refractivity contribution in [2.45, 2.75) is 6.04 Å². The molecule has 1 aromatic heterocycles. The van der Waals surface area contributed by atoms with Gasteiger partial charge in [0.2, 0.25) is 0 Å². The third-order valence-electron chi connectivity index (χ3n) is 3.56. The van der Waals surface area contributed by atoms with Gasteiger partial charge in [0.1, 0.15) is 5.82 Å². The SMILES string of the molecule is Clc1ccc(C2CNCCN2c2ncc(Cl)cc2Cl)cc1. The monoisotopic (exact) mass is 341 g/mol. The predicted molar refractivity (Wildman–Crippen MR) is 88.7 cm³/mol. The number of pyridine rings is 1. The Labute approximate surface area is 138 Å². The minimum atomic E-state index is 0.169. The first-order valence-electron chi connectivity index (χ1n) is 6.69. The third kappa shape index (κ3) is 3.27. The average molecular weight is 343 g/mol. The molecule has 6 heteroatoms. The molecule has 1 aromatic carbocycles. The number of hydrogen-bond donors (Lipinski definition) is 1. The molecule has 1 fully saturated rings. The molecule has 1 unspecified atom stereocenters. The molecule has 0 bridgehead atoms. The highest BCUT2D eigenvalue weighted by Crippen LogP contribution is 2.33. The largest absolute Gasteiger partial charge is 0.346 e. The minimum Gasteiger partial charge on any atom is -0.346 e. The summed E-state index contributed by atoms with van der Waals surface area (Å²) >= 11 is 18.2. The van der Waals surface area contributed by atoms with E-state index in [9.17, 15) is 0 Å². The van der Waals surface area contributed by atoms with E-state index in [1.165, 1.54) is 5.56 Å². The molecule has 21 heavy (non-hydrogen) atoms. The van der Waals surface area contributed by atoms with Crippen molar-refractivity contribution in [1.29, 1.82) is 0 Å². The molecular weight excluding hydrogens is 329 g/mol. The van der Waals surface area contributed by atoms with Crippen LogP contribution >= 0.6 is 34.8 Å². The van der Waals surface area contributed by atoms with Crippen LogP contribution in [0.25, 0.3) is 0 Å². The van der Waals surface area contributed by atoms with Gasteiger partial charge in [-0.2, -0.15) is 0 Å². The lowest BCUT2D eigenvalue weighted by Crippen LogP contribution is -2.46. The van der Waals surface area contributed by atoms with E-state index in [4.69, 9.17) is 34.8 Å². The third-order valence-corrected chi connectivity index (χ3v) is 4.30. The number of piperazine rings is 1. The summed E-state index contributed by atoms with van der Waals surface area (Å²) in [4.78, 5) is 6.61. The Hall–Kier alpha value is -1.00. The second-order valence-electron chi connectivity index (χ2n) is 4.92. The molecule has 3 nitrogen and oxygen atoms in total. The molecule has 1 atom stereocenters. The summed E-state index contributed by atoms with van der Waals surface area (Å²) in [7, 11) is 0. The molecule has 2 aromatic rings. The highest BCUT2D eigenvalue weighted by molar-refractivity contribution is 6.36. The van der Waals surface area contributed by atoms with Crippen LogP contribution in [0.15, 0.2) is 36.5 Å². The number of nitrogens with zero attached hydrogens (tertiary/aromatic N) is 2. The van der Waals surface area contributed by atoms with E-state index < -0.39 is 0 Å². The first kappa shape index (κ1) is 14.9. The zero-order valence-corrected chi connectivity index (χ0v) is 13.5. The smallest absolute Gasteiger partial charge is 0.148 e. The van der Waals surface area contributed by atoms with E-state index in [-0.39, 0.29) is 6.04 Å². The number of hydrogen-bond acceptors (Lipinski definition) is 3. The first-order valence-corrected chi connectivity index (χ1v) is 7.82. The van der Waals surface area contributed by atoms with Gasteiger partial charge in [-0.1, -0.05) is 46.9 Å². The molecule has 3 rings (SSSR count). The average Bonchev–Trinajstić information content (AvgIpc) is 2.48. The molecule has 0 aliphatic carbocycles. The Kier molecular flexibility index (Phi) is 4.55. The zero-order valence-electron chi connectivity index (χ0n) is 11.2. The quantitative estimate of drug-likeness (QED) is 0.887. The van der Waals surface area contributed by atoms with Crippen molar-refractivity contribution < 1.29 is 0 Å². The maximum atomic E-state index is 6.31. The van der Waals surface area contributed by atoms with Crippen molar-refractivity contribution in [1.82, 2.24) is 10.3 Å². The maximum Gasteiger partial charge on any atom is 0.148 e. The van der Waals surface area contributed by atoms with Crippen molar-refractivity contribution in [3.8, 4) is 0 Å². The number of anilines is 1. The Morgan fingerprint density at radius 3 is 2.57 bits per heavy atom. The fourth-order valence-corrected chi connectivity index (χ4v) is 3.17. The van der Waals surface area contributed by atoms with E-state index >= 15 is 0 Å². The van der Waals surface area contributed by atoms with Crippen LogP contribution in [0.2, 0.25) is 15.1 Å². The number of rotatable bonds is 2. The van der Waals surface area contributed by atoms with E-state index in [2.05, 4.69) is 15.2 Å². The van der Waals surface area contributed by atoms with Gasteiger partial charge in [-0.05, 0) is 23.8 Å². The molecule has 1 saturated heterocycles. The van der Waals surface area contributed by atoms with Crippen LogP contribution in [-0.2, 0) is 0 Å². The van der Waals surface area contributed by atoms with Gasteiger partial charge in [0.25, 0.3) is 0 Å². The highest BCUT2D eigenvalue weighted by atomic mass is 35.5. The highest BCUT2D eigenvalue weighted by Gasteiger charge is 2.26. The van der Waals surface area contributed by atoms with Crippen molar-refractivity contribution in [3.05, 3.63) is 57.2 Å². The summed E-state index contributed by atoms with van der Waals surface area (Å²) in [5.41, 5.74) is 1.18. The van der Waals surface area contributed by atoms with Crippen LogP contribution in [0.4, 0.5) is 5.82 Å². The van der Waals surface area contributed by atoms with Crippen LogP contribution in [0, 0.1) is 0 Å². The molecule has 2 heterocycles. The Bertz CT molecular complexity index is 631. The number of halogens is 3. The maximum absolute atomic E-state index is 6.31. The lowest BCUT2D eigenvalue weighted by Gasteiger charge is -2.37. The Morgan fingerprint density at radius 1 is 1.10 bits per heavy atom. The molecular formula is C15H14Cl3N3. The lowest BCUT2D eigenvalue weighted by atomic mass is 10.0. The standard InChI is InChI=1S/C15H14Cl3N3/c16-11-3-1-10(2-4-11)14-9-19-5-6-21(14)15-13(18)7-12(17)8-20-15/h1-4,7-8,14,19H,5-6,9H2. The Balaban J connectivity index is 1.96. The summed E-state index contributed by atoms with van der Waals surface area (Å²) in [5.74, 6) is 0.766. The molecule has 1 aliphatic heterocycles. The van der Waals surface area contributed by atoms with Gasteiger partial charge >= 0.3 is 0 Å². The van der Waals surface area contributed by atoms with E-state index in [1.54, 1.807) is 12.3 Å². The second kappa shape index (κ2) is 6.41. The molecule has 1 aliphatic rings. The van der Waals surface area contributed by atoms with Crippen LogP contribution in [-0.4, -0.2) is 24.6 Å². The van der Waals surface area contributed by atoms with Gasteiger partial charge in [-0.3, -0.25) is 0 Å². The van der Waals surface area contributed by atoms with Gasteiger partial charge in [0, 0.05) is 30.9 Å². The van der Waals surface area contributed by atoms with Crippen LogP contribution < -0.4 is 10.2 Å². The second-order valence-corrected chi connectivity index (χ2v) is 6.20. The van der Waals surface area contributed by atoms with E-state index in [1.807, 2.05) is 24.3 Å². The van der Waals surface area contributed by atoms with E-state index in [0.29, 0.717) is 10.0 Å². The summed E-state index contributed by atoms with van der Waals surface area (Å²) in [6.45, 7) is 2.56. The van der Waals surface area contributed by atoms with Gasteiger partial charge in [0.15, 0.2) is 0 Å². The van der Waals surface area contributed by atoms with Crippen molar-refractivity contribution in [3.63, 3.8) is 0 Å². The summed E-state index contributed by atoms with van der Waals surface area (Å²) in [6.07, 6.45) is 1.63. The van der Waals surface area contributed by atoms with Gasteiger partial charge in [-0.25, -0.2) is 4.98 Å². The fraction of sp³-hybridized carbons (Fsp3) is 0.267. The number of nitrogens with one attached hydrogen (secondary N) is 1. The van der Waals surface area contributed by atoms with Gasteiger partial charge < -0.3 is 10.2 Å². The van der Waals surface area contributed by atoms with E-state index in [0.717, 1.165) is 30.5 Å². The van der Waals surface area contributed by atoms with Gasteiger partial charge in [-0.15, -0.1) is 0 Å². The normalized spacial score (nSPS) is 18.8. The first-order chi connectivity index (χ1) is 10.1. The molecule has 110 valence electrons. The fourth-order valence-electron chi connectivity index (χ4n) is 2.56. The summed E-state index contributed by atoms with van der Waals surface area (Å²) in [5, 5.41) is 5.26. The van der Waals surface area contributed by atoms with Crippen molar-refractivity contribution in [2.24, 2.45) is 0 Å². The Morgan fingerprint density at radius 2 is 1.86 bits per heavy atom. The molecule has 0 radical (unpaired) electrons. The van der Waals surface area contributed by atoms with Crippen molar-refractivity contribution >= 4 is 40.6 Å². The minimum absolute atomic E-state index is 0.169. The van der Waals surface area contributed by atoms with Gasteiger partial charge in [0.05, 0.1) is 16.1 Å².